The summed E-state index contributed by atoms with van der Waals surface area (Å²) in [5, 5.41) is 2.74. The first-order chi connectivity index (χ1) is 13.0. The van der Waals surface area contributed by atoms with Crippen molar-refractivity contribution in [2.24, 2.45) is 0 Å². The minimum atomic E-state index is -0.0929. The number of nitrogens with zero attached hydrogens (tertiary/aromatic N) is 1. The highest BCUT2D eigenvalue weighted by atomic mass is 16.2. The third-order valence-corrected chi connectivity index (χ3v) is 5.54. The van der Waals surface area contributed by atoms with Crippen LogP contribution in [0.25, 0.3) is 0 Å². The molecule has 142 valence electrons. The van der Waals surface area contributed by atoms with E-state index in [9.17, 15) is 9.59 Å². The van der Waals surface area contributed by atoms with Crippen LogP contribution in [0.15, 0.2) is 54.6 Å². The molecule has 4 heteroatoms. The summed E-state index contributed by atoms with van der Waals surface area (Å²) in [4.78, 5) is 25.7. The van der Waals surface area contributed by atoms with E-state index in [0.717, 1.165) is 36.9 Å². The van der Waals surface area contributed by atoms with Gasteiger partial charge in [-0.1, -0.05) is 42.5 Å². The van der Waals surface area contributed by atoms with Crippen molar-refractivity contribution in [1.82, 2.24) is 4.90 Å². The molecular weight excluding hydrogens is 336 g/mol. The lowest BCUT2D eigenvalue weighted by molar-refractivity contribution is -0.131. The number of benzene rings is 2. The molecule has 0 radical (unpaired) electrons. The number of likely N-dealkylation sites (N-methyl/N-ethyl adjacent to an activating group) is 1. The maximum Gasteiger partial charge on any atom is 0.226 e. The quantitative estimate of drug-likeness (QED) is 0.856. The normalized spacial score (nSPS) is 19.3. The van der Waals surface area contributed by atoms with E-state index in [1.807, 2.05) is 36.2 Å². The fourth-order valence-corrected chi connectivity index (χ4v) is 3.93. The van der Waals surface area contributed by atoms with Crippen LogP contribution in [0.5, 0.6) is 0 Å². The number of nitrogens with one attached hydrogen (secondary N) is 1. The van der Waals surface area contributed by atoms with E-state index in [1.165, 1.54) is 12.5 Å². The average Bonchev–Trinajstić information content (AvgIpc) is 2.69. The van der Waals surface area contributed by atoms with Gasteiger partial charge in [0.25, 0.3) is 0 Å². The molecule has 27 heavy (non-hydrogen) atoms. The Kier molecular flexibility index (Phi) is 6.28. The summed E-state index contributed by atoms with van der Waals surface area (Å²) in [5.41, 5.74) is 3.15. The fraction of sp³-hybridized carbons (Fsp3) is 0.391. The Morgan fingerprint density at radius 3 is 2.19 bits per heavy atom. The smallest absolute Gasteiger partial charge is 0.226 e. The Bertz CT molecular complexity index is 763. The van der Waals surface area contributed by atoms with Crippen LogP contribution in [0.1, 0.15) is 49.7 Å². The van der Waals surface area contributed by atoms with Gasteiger partial charge in [-0.05, 0) is 54.9 Å². The van der Waals surface area contributed by atoms with Crippen LogP contribution >= 0.6 is 0 Å². The number of rotatable bonds is 5. The number of hydrogen-bond acceptors (Lipinski definition) is 2. The maximum absolute atomic E-state index is 12.7. The Balaban J connectivity index is 1.51. The first kappa shape index (κ1) is 19.2. The summed E-state index contributed by atoms with van der Waals surface area (Å²) < 4.78 is 0. The van der Waals surface area contributed by atoms with Gasteiger partial charge in [-0.15, -0.1) is 0 Å². The third kappa shape index (κ3) is 5.19. The molecule has 0 heterocycles. The maximum atomic E-state index is 12.7. The van der Waals surface area contributed by atoms with Gasteiger partial charge in [0.05, 0.1) is 6.42 Å². The molecule has 1 saturated carbocycles. The fourth-order valence-electron chi connectivity index (χ4n) is 3.93. The van der Waals surface area contributed by atoms with Crippen LogP contribution in [0.3, 0.4) is 0 Å². The first-order valence-electron chi connectivity index (χ1n) is 9.70. The minimum Gasteiger partial charge on any atom is -0.342 e. The molecular formula is C23H28N2O2. The van der Waals surface area contributed by atoms with Crippen molar-refractivity contribution in [1.29, 1.82) is 0 Å². The zero-order valence-electron chi connectivity index (χ0n) is 16.2. The highest BCUT2D eigenvalue weighted by molar-refractivity contribution is 5.88. The van der Waals surface area contributed by atoms with Gasteiger partial charge in [-0.2, -0.15) is 0 Å². The van der Waals surface area contributed by atoms with Crippen LogP contribution in [0, 0.1) is 0 Å². The summed E-state index contributed by atoms with van der Waals surface area (Å²) >= 11 is 0. The number of carbonyl (C=O) groups excluding carboxylic acids is 2. The Morgan fingerprint density at radius 1 is 0.963 bits per heavy atom. The molecule has 0 aromatic heterocycles. The van der Waals surface area contributed by atoms with Crippen LogP contribution in [-0.4, -0.2) is 29.8 Å². The highest BCUT2D eigenvalue weighted by Crippen LogP contribution is 2.34. The summed E-state index contributed by atoms with van der Waals surface area (Å²) in [5.74, 6) is 0.683. The van der Waals surface area contributed by atoms with Crippen molar-refractivity contribution in [2.45, 2.75) is 51.0 Å². The first-order valence-corrected chi connectivity index (χ1v) is 9.70. The molecule has 1 aliphatic carbocycles. The van der Waals surface area contributed by atoms with Gasteiger partial charge < -0.3 is 10.2 Å². The van der Waals surface area contributed by atoms with E-state index < -0.39 is 0 Å². The number of amides is 2. The van der Waals surface area contributed by atoms with E-state index >= 15 is 0 Å². The molecule has 1 fully saturated rings. The second-order valence-corrected chi connectivity index (χ2v) is 7.48. The minimum absolute atomic E-state index is 0.0929. The molecule has 2 aromatic carbocycles. The lowest BCUT2D eigenvalue weighted by Gasteiger charge is -2.35. The van der Waals surface area contributed by atoms with Gasteiger partial charge in [0.15, 0.2) is 0 Å². The topological polar surface area (TPSA) is 49.4 Å². The summed E-state index contributed by atoms with van der Waals surface area (Å²) in [6.07, 6.45) is 4.79. The predicted molar refractivity (Wildman–Crippen MR) is 109 cm³/mol. The molecule has 0 saturated heterocycles. The van der Waals surface area contributed by atoms with Crippen molar-refractivity contribution in [3.8, 4) is 0 Å². The molecule has 0 atom stereocenters. The lowest BCUT2D eigenvalue weighted by Crippen LogP contribution is -2.40. The molecule has 0 aliphatic heterocycles. The van der Waals surface area contributed by atoms with E-state index in [0.29, 0.717) is 18.4 Å². The molecule has 0 spiro atoms. The van der Waals surface area contributed by atoms with Crippen molar-refractivity contribution in [3.05, 3.63) is 65.7 Å². The zero-order valence-corrected chi connectivity index (χ0v) is 16.2. The molecule has 1 N–H and O–H groups in total. The van der Waals surface area contributed by atoms with Crippen molar-refractivity contribution >= 4 is 17.5 Å². The third-order valence-electron chi connectivity index (χ3n) is 5.54. The Labute approximate surface area is 161 Å². The molecule has 0 unspecified atom stereocenters. The van der Waals surface area contributed by atoms with Crippen LogP contribution < -0.4 is 5.32 Å². The second kappa shape index (κ2) is 8.85. The Morgan fingerprint density at radius 2 is 1.59 bits per heavy atom. The van der Waals surface area contributed by atoms with E-state index in [4.69, 9.17) is 0 Å². The van der Waals surface area contributed by atoms with Crippen LogP contribution in [0.2, 0.25) is 0 Å². The monoisotopic (exact) mass is 364 g/mol. The molecule has 4 nitrogen and oxygen atoms in total. The van der Waals surface area contributed by atoms with Gasteiger partial charge in [-0.25, -0.2) is 0 Å². The van der Waals surface area contributed by atoms with Crippen LogP contribution in [0.4, 0.5) is 5.69 Å². The summed E-state index contributed by atoms with van der Waals surface area (Å²) in [6, 6.07) is 18.5. The van der Waals surface area contributed by atoms with Gasteiger partial charge in [0.1, 0.15) is 0 Å². The standard InChI is InChI=1S/C23H28N2O2/c1-17(26)24-21-12-8-18(9-13-21)16-23(27)25(2)22-14-10-20(11-15-22)19-6-4-3-5-7-19/h3-9,12-13,20,22H,10-11,14-16H2,1-2H3,(H,24,26). The van der Waals surface area contributed by atoms with Gasteiger partial charge in [0.2, 0.25) is 11.8 Å². The van der Waals surface area contributed by atoms with Crippen molar-refractivity contribution < 1.29 is 9.59 Å². The van der Waals surface area contributed by atoms with E-state index in [1.54, 1.807) is 0 Å². The zero-order chi connectivity index (χ0) is 19.2. The number of carbonyl (C=O) groups is 2. The van der Waals surface area contributed by atoms with E-state index in [2.05, 4.69) is 35.6 Å². The number of anilines is 1. The predicted octanol–water partition coefficient (Wildman–Crippen LogP) is 4.37. The molecule has 0 bridgehead atoms. The van der Waals surface area contributed by atoms with E-state index in [-0.39, 0.29) is 11.8 Å². The highest BCUT2D eigenvalue weighted by Gasteiger charge is 2.27. The molecule has 3 rings (SSSR count). The molecule has 1 aliphatic rings. The SMILES string of the molecule is CC(=O)Nc1ccc(CC(=O)N(C)C2CCC(c3ccccc3)CC2)cc1. The Hall–Kier alpha value is -2.62. The summed E-state index contributed by atoms with van der Waals surface area (Å²) in [6.45, 7) is 1.49. The van der Waals surface area contributed by atoms with Crippen molar-refractivity contribution in [2.75, 3.05) is 12.4 Å². The van der Waals surface area contributed by atoms with Crippen molar-refractivity contribution in [3.63, 3.8) is 0 Å². The summed E-state index contributed by atoms with van der Waals surface area (Å²) in [7, 11) is 1.93. The molecule has 2 aromatic rings. The molecule has 2 amide bonds. The van der Waals surface area contributed by atoms with Gasteiger partial charge in [0, 0.05) is 25.7 Å². The average molecular weight is 364 g/mol. The van der Waals surface area contributed by atoms with Gasteiger partial charge in [-0.3, -0.25) is 9.59 Å². The lowest BCUT2D eigenvalue weighted by atomic mass is 9.81. The van der Waals surface area contributed by atoms with Crippen LogP contribution in [-0.2, 0) is 16.0 Å². The second-order valence-electron chi connectivity index (χ2n) is 7.48. The largest absolute Gasteiger partial charge is 0.342 e. The van der Waals surface area contributed by atoms with Gasteiger partial charge >= 0.3 is 0 Å². The number of hydrogen-bond donors (Lipinski definition) is 1.